The molecule has 0 amide bonds. The third kappa shape index (κ3) is 2.50. The number of rotatable bonds is 2. The minimum atomic E-state index is -0.663. The van der Waals surface area contributed by atoms with Crippen LogP contribution in [-0.4, -0.2) is 10.8 Å². The van der Waals surface area contributed by atoms with Crippen molar-refractivity contribution < 1.29 is 13.9 Å². The van der Waals surface area contributed by atoms with Crippen LogP contribution >= 0.6 is 0 Å². The highest BCUT2D eigenvalue weighted by atomic mass is 16.4. The number of fused-ring (bicyclic) bond motifs is 1. The van der Waals surface area contributed by atoms with Gasteiger partial charge in [0.15, 0.2) is 5.43 Å². The molecule has 0 fully saturated rings. The number of hydrogen-bond donors (Lipinski definition) is 2. The van der Waals surface area contributed by atoms with E-state index in [0.29, 0.717) is 28.0 Å². The molecule has 0 saturated carbocycles. The van der Waals surface area contributed by atoms with Crippen LogP contribution in [0, 0.1) is 6.92 Å². The lowest BCUT2D eigenvalue weighted by atomic mass is 9.99. The van der Waals surface area contributed by atoms with Crippen LogP contribution in [0.25, 0.3) is 11.0 Å². The monoisotopic (exact) mass is 338 g/mol. The van der Waals surface area contributed by atoms with Gasteiger partial charge in [0.2, 0.25) is 0 Å². The highest BCUT2D eigenvalue weighted by Gasteiger charge is 2.28. The molecule has 2 aromatic heterocycles. The minimum Gasteiger partial charge on any atom is -0.507 e. The smallest absolute Gasteiger partial charge is 0.348 e. The maximum Gasteiger partial charge on any atom is 0.348 e. The fourth-order valence-corrected chi connectivity index (χ4v) is 2.97. The number of hydrazone groups is 1. The van der Waals surface area contributed by atoms with Crippen molar-refractivity contribution in [3.8, 4) is 5.75 Å². The molecule has 7 nitrogen and oxygen atoms in total. The van der Waals surface area contributed by atoms with Crippen LogP contribution in [0.1, 0.15) is 29.3 Å². The molecule has 0 spiro atoms. The number of nitrogens with zero attached hydrogens (tertiary/aromatic N) is 1. The maximum absolute atomic E-state index is 12.7. The van der Waals surface area contributed by atoms with E-state index in [0.717, 1.165) is 0 Å². The molecule has 25 heavy (non-hydrogen) atoms. The predicted octanol–water partition coefficient (Wildman–Crippen LogP) is 2.20. The van der Waals surface area contributed by atoms with Crippen molar-refractivity contribution in [2.24, 2.45) is 5.10 Å². The van der Waals surface area contributed by atoms with E-state index in [-0.39, 0.29) is 23.2 Å². The summed E-state index contributed by atoms with van der Waals surface area (Å²) in [6, 6.07) is 7.89. The van der Waals surface area contributed by atoms with Crippen LogP contribution in [0.15, 0.2) is 60.1 Å². The molecule has 4 rings (SSSR count). The zero-order chi connectivity index (χ0) is 17.6. The summed E-state index contributed by atoms with van der Waals surface area (Å²) in [7, 11) is 0. The molecule has 3 aromatic rings. The van der Waals surface area contributed by atoms with Gasteiger partial charge in [-0.05, 0) is 19.1 Å². The van der Waals surface area contributed by atoms with Crippen LogP contribution in [0.4, 0.5) is 0 Å². The summed E-state index contributed by atoms with van der Waals surface area (Å²) in [4.78, 5) is 24.7. The normalized spacial score (nSPS) is 16.7. The van der Waals surface area contributed by atoms with E-state index in [9.17, 15) is 14.7 Å². The summed E-state index contributed by atoms with van der Waals surface area (Å²) in [6.07, 6.45) is 1.66. The first kappa shape index (κ1) is 15.2. The number of para-hydroxylation sites is 1. The zero-order valence-electron chi connectivity index (χ0n) is 13.3. The van der Waals surface area contributed by atoms with E-state index in [4.69, 9.17) is 8.83 Å². The molecule has 1 atom stereocenters. The molecule has 126 valence electrons. The van der Waals surface area contributed by atoms with Crippen LogP contribution in [-0.2, 0) is 0 Å². The predicted molar refractivity (Wildman–Crippen MR) is 90.9 cm³/mol. The Morgan fingerprint density at radius 1 is 1.28 bits per heavy atom. The third-order valence-corrected chi connectivity index (χ3v) is 4.18. The van der Waals surface area contributed by atoms with Crippen LogP contribution in [0.2, 0.25) is 0 Å². The lowest BCUT2D eigenvalue weighted by molar-refractivity contribution is 0.432. The molecular formula is C18H14N2O5. The number of nitrogens with one attached hydrogen (secondary N) is 1. The molecular weight excluding hydrogens is 324 g/mol. The Morgan fingerprint density at radius 3 is 2.88 bits per heavy atom. The molecule has 2 N–H and O–H groups in total. The second kappa shape index (κ2) is 5.62. The van der Waals surface area contributed by atoms with Crippen LogP contribution in [0.5, 0.6) is 5.75 Å². The molecule has 0 bridgehead atoms. The lowest BCUT2D eigenvalue weighted by Crippen LogP contribution is -2.20. The van der Waals surface area contributed by atoms with Gasteiger partial charge in [-0.25, -0.2) is 4.79 Å². The molecule has 0 radical (unpaired) electrons. The van der Waals surface area contributed by atoms with E-state index in [1.165, 1.54) is 12.3 Å². The number of aromatic hydroxyl groups is 1. The Balaban J connectivity index is 1.71. The van der Waals surface area contributed by atoms with Gasteiger partial charge in [0.25, 0.3) is 0 Å². The summed E-state index contributed by atoms with van der Waals surface area (Å²) in [5.41, 5.74) is 3.27. The second-order valence-corrected chi connectivity index (χ2v) is 5.87. The average molecular weight is 338 g/mol. The van der Waals surface area contributed by atoms with Gasteiger partial charge in [-0.3, -0.25) is 4.79 Å². The second-order valence-electron chi connectivity index (χ2n) is 5.87. The Kier molecular flexibility index (Phi) is 3.42. The fraction of sp³-hybridized carbons (Fsp3) is 0.167. The highest BCUT2D eigenvalue weighted by molar-refractivity contribution is 6.03. The first-order valence-corrected chi connectivity index (χ1v) is 7.71. The van der Waals surface area contributed by atoms with Crippen molar-refractivity contribution in [1.29, 1.82) is 0 Å². The van der Waals surface area contributed by atoms with Gasteiger partial charge in [-0.15, -0.1) is 0 Å². The van der Waals surface area contributed by atoms with Gasteiger partial charge >= 0.3 is 5.63 Å². The first-order chi connectivity index (χ1) is 12.0. The number of benzene rings is 1. The lowest BCUT2D eigenvalue weighted by Gasteiger charge is -2.09. The Morgan fingerprint density at radius 2 is 2.08 bits per heavy atom. The molecule has 0 aliphatic carbocycles. The summed E-state index contributed by atoms with van der Waals surface area (Å²) in [5.74, 6) is 0.116. The number of hydrogen-bond acceptors (Lipinski definition) is 7. The van der Waals surface area contributed by atoms with E-state index in [1.54, 1.807) is 31.2 Å². The average Bonchev–Trinajstić information content (AvgIpc) is 3.04. The van der Waals surface area contributed by atoms with Crippen molar-refractivity contribution in [2.45, 2.75) is 19.4 Å². The van der Waals surface area contributed by atoms with Gasteiger partial charge in [0.1, 0.15) is 28.9 Å². The first-order valence-electron chi connectivity index (χ1n) is 7.71. The van der Waals surface area contributed by atoms with E-state index in [2.05, 4.69) is 10.5 Å². The van der Waals surface area contributed by atoms with Crippen molar-refractivity contribution >= 4 is 16.7 Å². The quantitative estimate of drug-likeness (QED) is 0.742. The zero-order valence-corrected chi connectivity index (χ0v) is 13.3. The molecule has 0 saturated heterocycles. The van der Waals surface area contributed by atoms with Gasteiger partial charge in [-0.1, -0.05) is 12.1 Å². The molecule has 1 aliphatic rings. The third-order valence-electron chi connectivity index (χ3n) is 4.18. The van der Waals surface area contributed by atoms with Crippen LogP contribution < -0.4 is 16.5 Å². The highest BCUT2D eigenvalue weighted by Crippen LogP contribution is 2.26. The Labute approximate surface area is 141 Å². The SMILES string of the molecule is Cc1cc(O)c(C2=NNC(c3coc4ccccc4c3=O)C2)c(=O)o1. The van der Waals surface area contributed by atoms with Crippen molar-refractivity contribution in [3.05, 3.63) is 74.1 Å². The topological polar surface area (TPSA) is 105 Å². The van der Waals surface area contributed by atoms with Crippen molar-refractivity contribution in [3.63, 3.8) is 0 Å². The molecule has 3 heterocycles. The van der Waals surface area contributed by atoms with Crippen molar-refractivity contribution in [1.82, 2.24) is 5.43 Å². The molecule has 1 aromatic carbocycles. The van der Waals surface area contributed by atoms with Gasteiger partial charge in [-0.2, -0.15) is 5.10 Å². The molecule has 7 heteroatoms. The Hall–Kier alpha value is -3.35. The van der Waals surface area contributed by atoms with Crippen molar-refractivity contribution in [2.75, 3.05) is 0 Å². The largest absolute Gasteiger partial charge is 0.507 e. The summed E-state index contributed by atoms with van der Waals surface area (Å²) < 4.78 is 10.5. The molecule has 1 aliphatic heterocycles. The fourth-order valence-electron chi connectivity index (χ4n) is 2.97. The summed E-state index contributed by atoms with van der Waals surface area (Å²) >= 11 is 0. The maximum atomic E-state index is 12.7. The van der Waals surface area contributed by atoms with Gasteiger partial charge in [0, 0.05) is 12.5 Å². The van der Waals surface area contributed by atoms with Crippen LogP contribution in [0.3, 0.4) is 0 Å². The minimum absolute atomic E-state index is 0.00535. The summed E-state index contributed by atoms with van der Waals surface area (Å²) in [5, 5.41) is 14.6. The standard InChI is InChI=1S/C18H14N2O5/c1-9-6-14(21)16(18(23)25-9)13-7-12(19-20-13)11-8-24-15-5-3-2-4-10(15)17(11)22/h2-6,8,12,19,21H,7H2,1H3. The van der Waals surface area contributed by atoms with E-state index >= 15 is 0 Å². The molecule has 1 unspecified atom stereocenters. The van der Waals surface area contributed by atoms with E-state index < -0.39 is 11.7 Å². The van der Waals surface area contributed by atoms with E-state index in [1.807, 2.05) is 0 Å². The Bertz CT molecular complexity index is 1130. The summed E-state index contributed by atoms with van der Waals surface area (Å²) in [6.45, 7) is 1.57. The van der Waals surface area contributed by atoms with Gasteiger partial charge < -0.3 is 19.4 Å². The number of aryl methyl sites for hydroxylation is 1. The van der Waals surface area contributed by atoms with Gasteiger partial charge in [0.05, 0.1) is 22.7 Å².